The summed E-state index contributed by atoms with van der Waals surface area (Å²) < 4.78 is 18.5. The van der Waals surface area contributed by atoms with Gasteiger partial charge < -0.3 is 10.5 Å². The Morgan fingerprint density at radius 3 is 2.82 bits per heavy atom. The first kappa shape index (κ1) is 12.4. The Kier molecular flexibility index (Phi) is 4.00. The Morgan fingerprint density at radius 1 is 1.35 bits per heavy atom. The fraction of sp³-hybridized carbons (Fsp3) is 0.571. The van der Waals surface area contributed by atoms with E-state index >= 15 is 0 Å². The molecule has 0 radical (unpaired) electrons. The zero-order chi connectivity index (χ0) is 12.3. The lowest BCUT2D eigenvalue weighted by Crippen LogP contribution is -2.34. The fourth-order valence-electron chi connectivity index (χ4n) is 2.68. The first-order chi connectivity index (χ1) is 8.20. The molecule has 2 rings (SSSR count). The maximum atomic E-state index is 13.2. The highest BCUT2D eigenvalue weighted by molar-refractivity contribution is 5.34. The zero-order valence-electron chi connectivity index (χ0n) is 10.3. The van der Waals surface area contributed by atoms with Gasteiger partial charge in [-0.2, -0.15) is 0 Å². The van der Waals surface area contributed by atoms with E-state index < -0.39 is 0 Å². The van der Waals surface area contributed by atoms with Gasteiger partial charge in [0.2, 0.25) is 0 Å². The van der Waals surface area contributed by atoms with Gasteiger partial charge in [0.25, 0.3) is 0 Å². The van der Waals surface area contributed by atoms with E-state index in [-0.39, 0.29) is 11.9 Å². The van der Waals surface area contributed by atoms with E-state index in [9.17, 15) is 4.39 Å². The standard InChI is InChI=1S/C14H20FNO/c1-17-14-7-6-12(15)9-11(14)8-10-4-2-3-5-13(10)16/h6-7,9-10,13H,2-5,8,16H2,1H3. The minimum atomic E-state index is -0.204. The molecule has 0 heterocycles. The second-order valence-electron chi connectivity index (χ2n) is 4.87. The normalized spacial score (nSPS) is 24.6. The molecule has 2 nitrogen and oxygen atoms in total. The topological polar surface area (TPSA) is 35.2 Å². The van der Waals surface area contributed by atoms with Crippen molar-refractivity contribution in [3.63, 3.8) is 0 Å². The number of ether oxygens (including phenoxy) is 1. The molecule has 2 unspecified atom stereocenters. The third-order valence-corrected chi connectivity index (χ3v) is 3.69. The fourth-order valence-corrected chi connectivity index (χ4v) is 2.68. The summed E-state index contributed by atoms with van der Waals surface area (Å²) in [7, 11) is 1.62. The molecule has 1 fully saturated rings. The van der Waals surface area contributed by atoms with Crippen LogP contribution < -0.4 is 10.5 Å². The van der Waals surface area contributed by atoms with Gasteiger partial charge in [-0.25, -0.2) is 4.39 Å². The summed E-state index contributed by atoms with van der Waals surface area (Å²) >= 11 is 0. The quantitative estimate of drug-likeness (QED) is 0.877. The van der Waals surface area contributed by atoms with Crippen LogP contribution in [0.3, 0.4) is 0 Å². The van der Waals surface area contributed by atoms with E-state index in [1.54, 1.807) is 19.2 Å². The highest BCUT2D eigenvalue weighted by atomic mass is 19.1. The summed E-state index contributed by atoms with van der Waals surface area (Å²) in [5.41, 5.74) is 7.06. The lowest BCUT2D eigenvalue weighted by Gasteiger charge is -2.29. The maximum Gasteiger partial charge on any atom is 0.123 e. The highest BCUT2D eigenvalue weighted by Gasteiger charge is 2.23. The third-order valence-electron chi connectivity index (χ3n) is 3.69. The smallest absolute Gasteiger partial charge is 0.123 e. The predicted octanol–water partition coefficient (Wildman–Crippen LogP) is 2.89. The largest absolute Gasteiger partial charge is 0.496 e. The lowest BCUT2D eigenvalue weighted by molar-refractivity contribution is 0.302. The molecule has 0 bridgehead atoms. The van der Waals surface area contributed by atoms with Gasteiger partial charge in [0.05, 0.1) is 7.11 Å². The van der Waals surface area contributed by atoms with Gasteiger partial charge in [-0.15, -0.1) is 0 Å². The van der Waals surface area contributed by atoms with Gasteiger partial charge >= 0.3 is 0 Å². The second-order valence-corrected chi connectivity index (χ2v) is 4.87. The molecule has 0 amide bonds. The summed E-state index contributed by atoms with van der Waals surface area (Å²) in [6.45, 7) is 0. The molecule has 1 aliphatic carbocycles. The van der Waals surface area contributed by atoms with Gasteiger partial charge in [0, 0.05) is 6.04 Å². The van der Waals surface area contributed by atoms with Crippen LogP contribution in [0.25, 0.3) is 0 Å². The maximum absolute atomic E-state index is 13.2. The number of hydrogen-bond donors (Lipinski definition) is 1. The average molecular weight is 237 g/mol. The van der Waals surface area contributed by atoms with Crippen LogP contribution in [-0.4, -0.2) is 13.2 Å². The van der Waals surface area contributed by atoms with Crippen molar-refractivity contribution in [1.29, 1.82) is 0 Å². The summed E-state index contributed by atoms with van der Waals surface area (Å²) in [5.74, 6) is 1.02. The Balaban J connectivity index is 2.13. The monoisotopic (exact) mass is 237 g/mol. The van der Waals surface area contributed by atoms with Crippen LogP contribution in [0.5, 0.6) is 5.75 Å². The Morgan fingerprint density at radius 2 is 2.12 bits per heavy atom. The molecular weight excluding hydrogens is 217 g/mol. The molecule has 1 aromatic carbocycles. The lowest BCUT2D eigenvalue weighted by atomic mass is 9.81. The van der Waals surface area contributed by atoms with E-state index in [0.717, 1.165) is 30.6 Å². The molecule has 0 spiro atoms. The molecule has 17 heavy (non-hydrogen) atoms. The van der Waals surface area contributed by atoms with Crippen LogP contribution in [0.4, 0.5) is 4.39 Å². The number of rotatable bonds is 3. The highest BCUT2D eigenvalue weighted by Crippen LogP contribution is 2.29. The van der Waals surface area contributed by atoms with Crippen LogP contribution in [-0.2, 0) is 6.42 Å². The van der Waals surface area contributed by atoms with Crippen LogP contribution >= 0.6 is 0 Å². The molecule has 0 aromatic heterocycles. The molecule has 0 saturated heterocycles. The first-order valence-electron chi connectivity index (χ1n) is 6.28. The summed E-state index contributed by atoms with van der Waals surface area (Å²) in [4.78, 5) is 0. The SMILES string of the molecule is COc1ccc(F)cc1CC1CCCCC1N. The molecule has 2 N–H and O–H groups in total. The van der Waals surface area contributed by atoms with Crippen molar-refractivity contribution in [3.8, 4) is 5.75 Å². The van der Waals surface area contributed by atoms with E-state index in [4.69, 9.17) is 10.5 Å². The van der Waals surface area contributed by atoms with Crippen molar-refractivity contribution >= 4 is 0 Å². The zero-order valence-corrected chi connectivity index (χ0v) is 10.3. The average Bonchev–Trinajstić information content (AvgIpc) is 2.32. The molecular formula is C14H20FNO. The van der Waals surface area contributed by atoms with Gasteiger partial charge in [-0.3, -0.25) is 0 Å². The molecule has 94 valence electrons. The molecule has 1 aromatic rings. The third kappa shape index (κ3) is 2.97. The Labute approximate surface area is 102 Å². The Bertz CT molecular complexity index is 380. The van der Waals surface area contributed by atoms with E-state index in [1.807, 2.05) is 0 Å². The number of methoxy groups -OCH3 is 1. The first-order valence-corrected chi connectivity index (χ1v) is 6.28. The van der Waals surface area contributed by atoms with Gasteiger partial charge in [0.15, 0.2) is 0 Å². The van der Waals surface area contributed by atoms with Crippen LogP contribution in [0, 0.1) is 11.7 Å². The predicted molar refractivity (Wildman–Crippen MR) is 66.6 cm³/mol. The number of halogens is 1. The minimum absolute atomic E-state index is 0.204. The van der Waals surface area contributed by atoms with Crippen molar-refractivity contribution in [1.82, 2.24) is 0 Å². The van der Waals surface area contributed by atoms with Crippen molar-refractivity contribution in [2.24, 2.45) is 11.7 Å². The van der Waals surface area contributed by atoms with Crippen molar-refractivity contribution < 1.29 is 9.13 Å². The number of nitrogens with two attached hydrogens (primary N) is 1. The van der Waals surface area contributed by atoms with Crippen molar-refractivity contribution in [2.75, 3.05) is 7.11 Å². The minimum Gasteiger partial charge on any atom is -0.496 e. The summed E-state index contributed by atoms with van der Waals surface area (Å²) in [6, 6.07) is 4.94. The summed E-state index contributed by atoms with van der Waals surface area (Å²) in [5, 5.41) is 0. The van der Waals surface area contributed by atoms with Gasteiger partial charge in [-0.05, 0) is 48.9 Å². The number of hydrogen-bond acceptors (Lipinski definition) is 2. The van der Waals surface area contributed by atoms with Gasteiger partial charge in [0.1, 0.15) is 11.6 Å². The van der Waals surface area contributed by atoms with E-state index in [1.165, 1.54) is 18.9 Å². The van der Waals surface area contributed by atoms with Gasteiger partial charge in [-0.1, -0.05) is 12.8 Å². The van der Waals surface area contributed by atoms with Crippen LogP contribution in [0.2, 0.25) is 0 Å². The molecule has 1 saturated carbocycles. The van der Waals surface area contributed by atoms with Crippen molar-refractivity contribution in [3.05, 3.63) is 29.6 Å². The van der Waals surface area contributed by atoms with E-state index in [0.29, 0.717) is 5.92 Å². The van der Waals surface area contributed by atoms with Crippen molar-refractivity contribution in [2.45, 2.75) is 38.1 Å². The molecule has 1 aliphatic rings. The van der Waals surface area contributed by atoms with Crippen LogP contribution in [0.15, 0.2) is 18.2 Å². The van der Waals surface area contributed by atoms with E-state index in [2.05, 4.69) is 0 Å². The summed E-state index contributed by atoms with van der Waals surface area (Å²) in [6.07, 6.45) is 5.50. The second kappa shape index (κ2) is 5.50. The Hall–Kier alpha value is -1.09. The van der Waals surface area contributed by atoms with Crippen LogP contribution in [0.1, 0.15) is 31.2 Å². The molecule has 0 aliphatic heterocycles. The molecule has 2 atom stereocenters. The number of benzene rings is 1. The molecule has 3 heteroatoms.